The lowest BCUT2D eigenvalue weighted by atomic mass is 10.1. The predicted octanol–water partition coefficient (Wildman–Crippen LogP) is 4.13. The Morgan fingerprint density at radius 2 is 1.92 bits per heavy atom. The van der Waals surface area contributed by atoms with Crippen molar-refractivity contribution in [2.45, 2.75) is 19.8 Å². The largest absolute Gasteiger partial charge is 0.493 e. The Morgan fingerprint density at radius 3 is 2.60 bits per heavy atom. The Labute approximate surface area is 152 Å². The van der Waals surface area contributed by atoms with Crippen LogP contribution in [0.1, 0.15) is 17.5 Å². The van der Waals surface area contributed by atoms with Crippen LogP contribution < -0.4 is 14.2 Å². The predicted molar refractivity (Wildman–Crippen MR) is 96.1 cm³/mol. The molecule has 0 heterocycles. The lowest BCUT2D eigenvalue weighted by Gasteiger charge is -2.15. The number of hydrogen-bond donors (Lipinski definition) is 1. The highest BCUT2D eigenvalue weighted by Crippen LogP contribution is 2.32. The van der Waals surface area contributed by atoms with Crippen molar-refractivity contribution in [3.05, 3.63) is 52.5 Å². The molecule has 2 aromatic carbocycles. The zero-order valence-corrected chi connectivity index (χ0v) is 15.0. The number of hydrogen-bond acceptors (Lipinski definition) is 4. The number of benzene rings is 2. The molecule has 0 aromatic heterocycles. The summed E-state index contributed by atoms with van der Waals surface area (Å²) < 4.78 is 16.8. The molecule has 2 rings (SSSR count). The fourth-order valence-corrected chi connectivity index (χ4v) is 2.45. The van der Waals surface area contributed by atoms with Gasteiger partial charge in [0.05, 0.1) is 7.11 Å². The molecule has 0 aliphatic carbocycles. The number of aliphatic carboxylic acids is 1. The zero-order valence-electron chi connectivity index (χ0n) is 14.3. The van der Waals surface area contributed by atoms with Gasteiger partial charge in [-0.25, -0.2) is 0 Å². The molecule has 0 aliphatic heterocycles. The molecule has 0 atom stereocenters. The van der Waals surface area contributed by atoms with E-state index in [1.807, 2.05) is 25.1 Å². The van der Waals surface area contributed by atoms with E-state index in [0.717, 1.165) is 16.9 Å². The van der Waals surface area contributed by atoms with Gasteiger partial charge >= 0.3 is 5.97 Å². The van der Waals surface area contributed by atoms with Crippen molar-refractivity contribution in [3.63, 3.8) is 0 Å². The SMILES string of the molecule is COc1cccc(CCC(=O)O)c1OCCOc1ccc(Cl)c(C)c1. The lowest BCUT2D eigenvalue weighted by Crippen LogP contribution is -2.11. The number of carbonyl (C=O) groups is 1. The highest BCUT2D eigenvalue weighted by molar-refractivity contribution is 6.31. The number of rotatable bonds is 9. The Hall–Kier alpha value is -2.40. The first-order valence-electron chi connectivity index (χ1n) is 7.90. The van der Waals surface area contributed by atoms with Gasteiger partial charge in [0.1, 0.15) is 19.0 Å². The highest BCUT2D eigenvalue weighted by atomic mass is 35.5. The number of halogens is 1. The van der Waals surface area contributed by atoms with Crippen LogP contribution >= 0.6 is 11.6 Å². The molecule has 0 saturated carbocycles. The summed E-state index contributed by atoms with van der Waals surface area (Å²) in [5.74, 6) is 0.999. The summed E-state index contributed by atoms with van der Waals surface area (Å²) in [5.41, 5.74) is 1.74. The molecule has 1 N–H and O–H groups in total. The third kappa shape index (κ3) is 5.57. The number of para-hydroxylation sites is 1. The summed E-state index contributed by atoms with van der Waals surface area (Å²) >= 11 is 5.99. The summed E-state index contributed by atoms with van der Waals surface area (Å²) in [5, 5.41) is 9.57. The first-order chi connectivity index (χ1) is 12.0. The van der Waals surface area contributed by atoms with Crippen LogP contribution in [0.3, 0.4) is 0 Å². The van der Waals surface area contributed by atoms with Gasteiger partial charge in [0, 0.05) is 11.4 Å². The monoisotopic (exact) mass is 364 g/mol. The van der Waals surface area contributed by atoms with E-state index in [2.05, 4.69) is 0 Å². The standard InChI is InChI=1S/C19H21ClO5/c1-13-12-15(7-8-16(13)20)24-10-11-25-19-14(6-9-18(21)22)4-3-5-17(19)23-2/h3-5,7-8,12H,6,9-11H2,1-2H3,(H,21,22). The first kappa shape index (κ1) is 18.9. The molecule has 0 amide bonds. The molecule has 2 aromatic rings. The third-order valence-corrected chi connectivity index (χ3v) is 4.04. The van der Waals surface area contributed by atoms with Gasteiger partial charge in [-0.15, -0.1) is 0 Å². The zero-order chi connectivity index (χ0) is 18.2. The summed E-state index contributed by atoms with van der Waals surface area (Å²) in [6.45, 7) is 2.56. The van der Waals surface area contributed by atoms with Gasteiger partial charge in [0.2, 0.25) is 0 Å². The molecule has 0 unspecified atom stereocenters. The Morgan fingerprint density at radius 1 is 1.16 bits per heavy atom. The minimum Gasteiger partial charge on any atom is -0.493 e. The molecule has 0 spiro atoms. The van der Waals surface area contributed by atoms with Gasteiger partial charge in [-0.2, -0.15) is 0 Å². The summed E-state index contributed by atoms with van der Waals surface area (Å²) in [6, 6.07) is 10.9. The van der Waals surface area contributed by atoms with Gasteiger partial charge in [0.15, 0.2) is 11.5 Å². The molecular weight excluding hydrogens is 344 g/mol. The van der Waals surface area contributed by atoms with Gasteiger partial charge < -0.3 is 19.3 Å². The van der Waals surface area contributed by atoms with Crippen molar-refractivity contribution >= 4 is 17.6 Å². The quantitative estimate of drug-likeness (QED) is 0.678. The number of ether oxygens (including phenoxy) is 3. The van der Waals surface area contributed by atoms with E-state index >= 15 is 0 Å². The molecule has 0 aliphatic rings. The Balaban J connectivity index is 1.96. The van der Waals surface area contributed by atoms with E-state index in [4.69, 9.17) is 30.9 Å². The topological polar surface area (TPSA) is 65.0 Å². The number of carboxylic acid groups (broad SMARTS) is 1. The van der Waals surface area contributed by atoms with Crippen LogP contribution in [0.15, 0.2) is 36.4 Å². The normalized spacial score (nSPS) is 10.4. The van der Waals surface area contributed by atoms with Crippen LogP contribution in [0.2, 0.25) is 5.02 Å². The summed E-state index contributed by atoms with van der Waals surface area (Å²) in [7, 11) is 1.55. The summed E-state index contributed by atoms with van der Waals surface area (Å²) in [4.78, 5) is 10.8. The lowest BCUT2D eigenvalue weighted by molar-refractivity contribution is -0.136. The van der Waals surface area contributed by atoms with E-state index in [0.29, 0.717) is 36.2 Å². The molecule has 0 fully saturated rings. The van der Waals surface area contributed by atoms with Crippen LogP contribution in [0.25, 0.3) is 0 Å². The number of methoxy groups -OCH3 is 1. The molecule has 0 bridgehead atoms. The van der Waals surface area contributed by atoms with Crippen molar-refractivity contribution in [1.82, 2.24) is 0 Å². The van der Waals surface area contributed by atoms with Gasteiger partial charge in [-0.3, -0.25) is 4.79 Å². The fourth-order valence-electron chi connectivity index (χ4n) is 2.33. The summed E-state index contributed by atoms with van der Waals surface area (Å²) in [6.07, 6.45) is 0.406. The van der Waals surface area contributed by atoms with Crippen LogP contribution in [-0.2, 0) is 11.2 Å². The maximum absolute atomic E-state index is 10.8. The molecule has 25 heavy (non-hydrogen) atoms. The Kier molecular flexibility index (Phi) is 6.95. The van der Waals surface area contributed by atoms with Crippen molar-refractivity contribution in [2.75, 3.05) is 20.3 Å². The average Bonchev–Trinajstić information content (AvgIpc) is 2.60. The van der Waals surface area contributed by atoms with Crippen molar-refractivity contribution < 1.29 is 24.1 Å². The molecule has 0 radical (unpaired) electrons. The van der Waals surface area contributed by atoms with Gasteiger partial charge in [-0.1, -0.05) is 23.7 Å². The van der Waals surface area contributed by atoms with E-state index in [1.54, 1.807) is 25.3 Å². The van der Waals surface area contributed by atoms with E-state index in [9.17, 15) is 4.79 Å². The van der Waals surface area contributed by atoms with Crippen LogP contribution in [0.5, 0.6) is 17.2 Å². The minimum atomic E-state index is -0.852. The number of aryl methyl sites for hydroxylation is 2. The van der Waals surface area contributed by atoms with Crippen molar-refractivity contribution in [1.29, 1.82) is 0 Å². The Bertz CT molecular complexity index is 730. The molecule has 5 nitrogen and oxygen atoms in total. The second-order valence-corrected chi connectivity index (χ2v) is 5.86. The molecule has 134 valence electrons. The van der Waals surface area contributed by atoms with Crippen molar-refractivity contribution in [3.8, 4) is 17.2 Å². The van der Waals surface area contributed by atoms with Crippen LogP contribution in [0.4, 0.5) is 0 Å². The molecule has 6 heteroatoms. The second kappa shape index (κ2) is 9.18. The van der Waals surface area contributed by atoms with E-state index in [1.165, 1.54) is 0 Å². The highest BCUT2D eigenvalue weighted by Gasteiger charge is 2.12. The maximum Gasteiger partial charge on any atom is 0.303 e. The number of carboxylic acids is 1. The second-order valence-electron chi connectivity index (χ2n) is 5.45. The van der Waals surface area contributed by atoms with Gasteiger partial charge in [-0.05, 0) is 48.7 Å². The molecule has 0 saturated heterocycles. The van der Waals surface area contributed by atoms with Crippen LogP contribution in [0, 0.1) is 6.92 Å². The van der Waals surface area contributed by atoms with Crippen LogP contribution in [-0.4, -0.2) is 31.4 Å². The third-order valence-electron chi connectivity index (χ3n) is 3.62. The van der Waals surface area contributed by atoms with Gasteiger partial charge in [0.25, 0.3) is 0 Å². The minimum absolute atomic E-state index is 0.0318. The van der Waals surface area contributed by atoms with E-state index in [-0.39, 0.29) is 6.42 Å². The first-order valence-corrected chi connectivity index (χ1v) is 8.28. The average molecular weight is 365 g/mol. The smallest absolute Gasteiger partial charge is 0.303 e. The maximum atomic E-state index is 10.8. The van der Waals surface area contributed by atoms with E-state index < -0.39 is 5.97 Å². The molecular formula is C19H21ClO5. The fraction of sp³-hybridized carbons (Fsp3) is 0.316. The van der Waals surface area contributed by atoms with Crippen molar-refractivity contribution in [2.24, 2.45) is 0 Å².